The number of amides is 2. The second-order valence-electron chi connectivity index (χ2n) is 8.26. The first-order chi connectivity index (χ1) is 12.7. The highest BCUT2D eigenvalue weighted by Crippen LogP contribution is 2.57. The van der Waals surface area contributed by atoms with Crippen molar-refractivity contribution >= 4 is 17.5 Å². The number of benzene rings is 1. The summed E-state index contributed by atoms with van der Waals surface area (Å²) in [6, 6.07) is 10.1. The van der Waals surface area contributed by atoms with Crippen molar-refractivity contribution in [3.8, 4) is 0 Å². The van der Waals surface area contributed by atoms with Gasteiger partial charge in [-0.3, -0.25) is 9.59 Å². The molecule has 2 unspecified atom stereocenters. The fourth-order valence-corrected chi connectivity index (χ4v) is 5.34. The molecular formula is C20H26N4O2. The molecule has 6 heteroatoms. The molecular weight excluding hydrogens is 328 g/mol. The summed E-state index contributed by atoms with van der Waals surface area (Å²) in [4.78, 5) is 30.1. The number of nitrogens with zero attached hydrogens (tertiary/aromatic N) is 2. The Balaban J connectivity index is 1.33. The molecule has 0 radical (unpaired) electrons. The van der Waals surface area contributed by atoms with Gasteiger partial charge >= 0.3 is 0 Å². The lowest BCUT2D eigenvalue weighted by molar-refractivity contribution is -0.141. The number of anilines is 1. The maximum Gasteiger partial charge on any atom is 0.247 e. The zero-order valence-corrected chi connectivity index (χ0v) is 15.0. The van der Waals surface area contributed by atoms with E-state index in [1.54, 1.807) is 0 Å². The van der Waals surface area contributed by atoms with Crippen molar-refractivity contribution in [2.24, 2.45) is 11.3 Å². The Kier molecular flexibility index (Phi) is 3.54. The Bertz CT molecular complexity index is 729. The smallest absolute Gasteiger partial charge is 0.247 e. The molecule has 4 aliphatic rings. The summed E-state index contributed by atoms with van der Waals surface area (Å²) in [5.41, 5.74) is 0.476. The minimum absolute atomic E-state index is 0.0905. The Morgan fingerprint density at radius 2 is 1.88 bits per heavy atom. The van der Waals surface area contributed by atoms with E-state index in [1.165, 1.54) is 0 Å². The van der Waals surface area contributed by atoms with E-state index in [0.717, 1.165) is 31.6 Å². The van der Waals surface area contributed by atoms with Gasteiger partial charge in [-0.25, -0.2) is 0 Å². The summed E-state index contributed by atoms with van der Waals surface area (Å²) in [7, 11) is 0. The van der Waals surface area contributed by atoms with Crippen molar-refractivity contribution in [3.05, 3.63) is 30.3 Å². The monoisotopic (exact) mass is 354 g/mol. The van der Waals surface area contributed by atoms with Gasteiger partial charge in [0.05, 0.1) is 12.1 Å². The second-order valence-corrected chi connectivity index (χ2v) is 8.26. The first-order valence-electron chi connectivity index (χ1n) is 9.77. The Hall–Kier alpha value is -2.08. The number of likely N-dealkylation sites (tertiary alicyclic amines) is 1. The molecule has 3 heterocycles. The average molecular weight is 354 g/mol. The van der Waals surface area contributed by atoms with Crippen molar-refractivity contribution in [3.63, 3.8) is 0 Å². The predicted octanol–water partition coefficient (Wildman–Crippen LogP) is 0.941. The molecule has 2 atom stereocenters. The minimum Gasteiger partial charge on any atom is -0.342 e. The number of piperidine rings is 2. The number of hydrogen-bond donors (Lipinski definition) is 2. The van der Waals surface area contributed by atoms with E-state index in [0.29, 0.717) is 44.4 Å². The number of carbonyl (C=O) groups excluding carboxylic acids is 2. The van der Waals surface area contributed by atoms with Gasteiger partial charge in [0.1, 0.15) is 5.54 Å². The fraction of sp³-hybridized carbons (Fsp3) is 0.600. The molecule has 6 nitrogen and oxygen atoms in total. The zero-order valence-electron chi connectivity index (χ0n) is 15.0. The number of carbonyl (C=O) groups is 2. The summed E-state index contributed by atoms with van der Waals surface area (Å²) >= 11 is 0. The molecule has 1 aromatic carbocycles. The van der Waals surface area contributed by atoms with Crippen molar-refractivity contribution in [2.75, 3.05) is 37.7 Å². The molecule has 3 saturated heterocycles. The molecule has 2 N–H and O–H groups in total. The number of nitrogens with one attached hydrogen (secondary N) is 2. The van der Waals surface area contributed by atoms with Gasteiger partial charge in [0, 0.05) is 18.8 Å². The van der Waals surface area contributed by atoms with Gasteiger partial charge in [0.25, 0.3) is 0 Å². The van der Waals surface area contributed by atoms with E-state index in [2.05, 4.69) is 27.7 Å². The fourth-order valence-electron chi connectivity index (χ4n) is 5.34. The van der Waals surface area contributed by atoms with Crippen LogP contribution in [0.4, 0.5) is 5.69 Å². The summed E-state index contributed by atoms with van der Waals surface area (Å²) in [5, 5.41) is 6.42. The maximum atomic E-state index is 13.1. The summed E-state index contributed by atoms with van der Waals surface area (Å²) in [5.74, 6) is 0.969. The normalized spacial score (nSPS) is 32.3. The Morgan fingerprint density at radius 1 is 1.12 bits per heavy atom. The molecule has 0 aromatic heterocycles. The highest BCUT2D eigenvalue weighted by Gasteiger charge is 2.62. The van der Waals surface area contributed by atoms with Gasteiger partial charge in [-0.1, -0.05) is 18.2 Å². The van der Waals surface area contributed by atoms with Crippen LogP contribution in [0.25, 0.3) is 0 Å². The molecule has 138 valence electrons. The van der Waals surface area contributed by atoms with Gasteiger partial charge in [-0.15, -0.1) is 0 Å². The lowest BCUT2D eigenvalue weighted by Crippen LogP contribution is -2.58. The Morgan fingerprint density at radius 3 is 2.62 bits per heavy atom. The van der Waals surface area contributed by atoms with Crippen LogP contribution < -0.4 is 15.5 Å². The third-order valence-electron chi connectivity index (χ3n) is 7.08. The molecule has 0 bridgehead atoms. The first-order valence-corrected chi connectivity index (χ1v) is 9.77. The summed E-state index contributed by atoms with van der Waals surface area (Å²) < 4.78 is 0. The lowest BCUT2D eigenvalue weighted by atomic mass is 9.84. The predicted molar refractivity (Wildman–Crippen MR) is 98.5 cm³/mol. The van der Waals surface area contributed by atoms with Gasteiger partial charge in [0.2, 0.25) is 11.8 Å². The van der Waals surface area contributed by atoms with Crippen molar-refractivity contribution in [1.82, 2.24) is 15.5 Å². The topological polar surface area (TPSA) is 64.7 Å². The van der Waals surface area contributed by atoms with E-state index in [9.17, 15) is 9.59 Å². The van der Waals surface area contributed by atoms with Crippen LogP contribution in [0.15, 0.2) is 30.3 Å². The van der Waals surface area contributed by atoms with Crippen LogP contribution in [-0.2, 0) is 9.59 Å². The molecule has 1 saturated carbocycles. The zero-order chi connectivity index (χ0) is 17.8. The van der Waals surface area contributed by atoms with Crippen molar-refractivity contribution in [1.29, 1.82) is 0 Å². The molecule has 4 fully saturated rings. The number of para-hydroxylation sites is 1. The van der Waals surface area contributed by atoms with Gasteiger partial charge in [-0.05, 0) is 56.8 Å². The number of hydrogen-bond acceptors (Lipinski definition) is 4. The third-order valence-corrected chi connectivity index (χ3v) is 7.08. The van der Waals surface area contributed by atoms with Crippen molar-refractivity contribution < 1.29 is 9.59 Å². The minimum atomic E-state index is -0.507. The van der Waals surface area contributed by atoms with Crippen LogP contribution >= 0.6 is 0 Å². The number of fused-ring (bicyclic) bond motifs is 1. The van der Waals surface area contributed by atoms with E-state index < -0.39 is 5.54 Å². The third kappa shape index (κ3) is 2.21. The van der Waals surface area contributed by atoms with Gasteiger partial charge in [0.15, 0.2) is 0 Å². The van der Waals surface area contributed by atoms with Crippen LogP contribution in [0.5, 0.6) is 0 Å². The lowest BCUT2D eigenvalue weighted by Gasteiger charge is -2.44. The highest BCUT2D eigenvalue weighted by molar-refractivity contribution is 5.94. The maximum absolute atomic E-state index is 13.1. The Labute approximate surface area is 153 Å². The molecule has 1 spiro atoms. The average Bonchev–Trinajstić information content (AvgIpc) is 3.37. The molecule has 26 heavy (non-hydrogen) atoms. The largest absolute Gasteiger partial charge is 0.342 e. The van der Waals surface area contributed by atoms with E-state index in [-0.39, 0.29) is 11.3 Å². The van der Waals surface area contributed by atoms with Crippen LogP contribution in [-0.4, -0.2) is 55.1 Å². The van der Waals surface area contributed by atoms with E-state index >= 15 is 0 Å². The molecule has 5 rings (SSSR count). The molecule has 1 aromatic rings. The van der Waals surface area contributed by atoms with Crippen molar-refractivity contribution in [2.45, 2.75) is 31.2 Å². The van der Waals surface area contributed by atoms with E-state index in [1.807, 2.05) is 23.1 Å². The van der Waals surface area contributed by atoms with Crippen LogP contribution in [0.1, 0.15) is 25.7 Å². The van der Waals surface area contributed by atoms with E-state index in [4.69, 9.17) is 0 Å². The second kappa shape index (κ2) is 5.71. The van der Waals surface area contributed by atoms with Gasteiger partial charge in [-0.2, -0.15) is 0 Å². The van der Waals surface area contributed by atoms with Crippen LogP contribution in [0, 0.1) is 11.3 Å². The molecule has 2 amide bonds. The summed E-state index contributed by atoms with van der Waals surface area (Å²) in [6.45, 7) is 3.83. The SMILES string of the molecule is O=C(N1CCC2(CC1)C(=O)NCN2c1ccccc1)C12CCNCC1C2. The molecule has 3 aliphatic heterocycles. The van der Waals surface area contributed by atoms with Gasteiger partial charge < -0.3 is 20.4 Å². The molecule has 1 aliphatic carbocycles. The van der Waals surface area contributed by atoms with Crippen LogP contribution in [0.2, 0.25) is 0 Å². The highest BCUT2D eigenvalue weighted by atomic mass is 16.2. The standard InChI is InChI=1S/C20H26N4O2/c25-17-20(24(14-22-17)16-4-2-1-3-5-16)7-10-23(11-8-20)18(26)19-6-9-21-13-15(19)12-19/h1-5,15,21H,6-14H2,(H,22,25). The van der Waals surface area contributed by atoms with Crippen LogP contribution in [0.3, 0.4) is 0 Å². The quantitative estimate of drug-likeness (QED) is 0.830. The first kappa shape index (κ1) is 16.1. The number of rotatable bonds is 2. The summed E-state index contributed by atoms with van der Waals surface area (Å²) in [6.07, 6.45) is 3.42.